The Morgan fingerprint density at radius 1 is 1.00 bits per heavy atom. The molecule has 1 N–H and O–H groups in total. The first-order chi connectivity index (χ1) is 12.1. The number of fused-ring (bicyclic) bond motifs is 1. The number of Topliss-reactive ketones (excluding diaryl/α,β-unsaturated/α-hetero) is 1. The number of aryl methyl sites for hydroxylation is 2. The van der Waals surface area contributed by atoms with E-state index >= 15 is 0 Å². The Morgan fingerprint density at radius 3 is 2.44 bits per heavy atom. The van der Waals surface area contributed by atoms with Crippen molar-refractivity contribution < 1.29 is 9.59 Å². The van der Waals surface area contributed by atoms with Crippen molar-refractivity contribution in [2.24, 2.45) is 7.05 Å². The highest BCUT2D eigenvalue weighted by atomic mass is 16.2. The van der Waals surface area contributed by atoms with Gasteiger partial charge in [-0.3, -0.25) is 9.59 Å². The van der Waals surface area contributed by atoms with Crippen LogP contribution in [0, 0.1) is 6.92 Å². The predicted molar refractivity (Wildman–Crippen MR) is 99.8 cm³/mol. The largest absolute Gasteiger partial charge is 0.349 e. The van der Waals surface area contributed by atoms with Crippen molar-refractivity contribution in [3.8, 4) is 0 Å². The molecule has 0 unspecified atom stereocenters. The summed E-state index contributed by atoms with van der Waals surface area (Å²) >= 11 is 0. The van der Waals surface area contributed by atoms with E-state index in [1.807, 2.05) is 61.0 Å². The zero-order valence-corrected chi connectivity index (χ0v) is 14.6. The van der Waals surface area contributed by atoms with Crippen LogP contribution >= 0.6 is 0 Å². The number of rotatable bonds is 6. The Balaban J connectivity index is 1.65. The number of nitrogens with one attached hydrogen (secondary N) is 1. The molecule has 0 radical (unpaired) electrons. The first-order valence-electron chi connectivity index (χ1n) is 8.50. The van der Waals surface area contributed by atoms with Crippen molar-refractivity contribution in [2.75, 3.05) is 6.54 Å². The van der Waals surface area contributed by atoms with Crippen molar-refractivity contribution in [3.05, 3.63) is 71.4 Å². The van der Waals surface area contributed by atoms with Crippen LogP contribution in [0.1, 0.15) is 28.0 Å². The molecule has 1 heterocycles. The van der Waals surface area contributed by atoms with Crippen LogP contribution in [0.25, 0.3) is 10.9 Å². The van der Waals surface area contributed by atoms with Crippen molar-refractivity contribution in [1.82, 2.24) is 9.88 Å². The van der Waals surface area contributed by atoms with Gasteiger partial charge in [0.2, 0.25) is 0 Å². The van der Waals surface area contributed by atoms with Gasteiger partial charge in [0, 0.05) is 30.2 Å². The summed E-state index contributed by atoms with van der Waals surface area (Å²) in [5.41, 5.74) is 3.50. The summed E-state index contributed by atoms with van der Waals surface area (Å²) in [6, 6.07) is 17.8. The minimum absolute atomic E-state index is 0.464. The fourth-order valence-corrected chi connectivity index (χ4v) is 3.14. The average Bonchev–Trinajstić information content (AvgIpc) is 2.90. The minimum Gasteiger partial charge on any atom is -0.349 e. The summed E-state index contributed by atoms with van der Waals surface area (Å²) in [5.74, 6) is -0.999. The Morgan fingerprint density at radius 2 is 1.68 bits per heavy atom. The molecule has 0 saturated heterocycles. The van der Waals surface area contributed by atoms with Crippen LogP contribution in [0.4, 0.5) is 0 Å². The van der Waals surface area contributed by atoms with Gasteiger partial charge in [-0.1, -0.05) is 48.5 Å². The Hall–Kier alpha value is -2.88. The molecule has 0 fully saturated rings. The molecule has 1 amide bonds. The first-order valence-corrected chi connectivity index (χ1v) is 8.50. The molecule has 25 heavy (non-hydrogen) atoms. The molecule has 0 atom stereocenters. The van der Waals surface area contributed by atoms with Gasteiger partial charge in [-0.2, -0.15) is 0 Å². The molecule has 0 aliphatic carbocycles. The van der Waals surface area contributed by atoms with E-state index in [2.05, 4.69) is 17.4 Å². The van der Waals surface area contributed by atoms with Crippen LogP contribution in [-0.4, -0.2) is 22.8 Å². The third-order valence-corrected chi connectivity index (χ3v) is 4.60. The molecule has 0 bridgehead atoms. The van der Waals surface area contributed by atoms with E-state index in [9.17, 15) is 9.59 Å². The zero-order valence-electron chi connectivity index (χ0n) is 14.6. The summed E-state index contributed by atoms with van der Waals surface area (Å²) in [7, 11) is 1.91. The number of hydrogen-bond acceptors (Lipinski definition) is 2. The smallest absolute Gasteiger partial charge is 0.292 e. The molecular weight excluding hydrogens is 312 g/mol. The van der Waals surface area contributed by atoms with Crippen LogP contribution in [-0.2, 0) is 18.3 Å². The second kappa shape index (κ2) is 7.34. The minimum atomic E-state index is -0.535. The first kappa shape index (κ1) is 17.0. The lowest BCUT2D eigenvalue weighted by atomic mass is 10.1. The maximum Gasteiger partial charge on any atom is 0.292 e. The maximum atomic E-state index is 12.6. The highest BCUT2D eigenvalue weighted by Crippen LogP contribution is 2.25. The molecule has 4 heteroatoms. The van der Waals surface area contributed by atoms with Crippen molar-refractivity contribution >= 4 is 22.6 Å². The number of hydrogen-bond donors (Lipinski definition) is 1. The van der Waals surface area contributed by atoms with Crippen LogP contribution in [0.2, 0.25) is 0 Å². The Bertz CT molecular complexity index is 910. The summed E-state index contributed by atoms with van der Waals surface area (Å²) in [6.45, 7) is 2.36. The second-order valence-electron chi connectivity index (χ2n) is 6.21. The lowest BCUT2D eigenvalue weighted by Crippen LogP contribution is -2.32. The van der Waals surface area contributed by atoms with E-state index in [4.69, 9.17) is 0 Å². The third kappa shape index (κ3) is 3.48. The molecule has 4 nitrogen and oxygen atoms in total. The standard InChI is InChI=1S/C21H22N2O2/c1-15-19(17-12-6-7-13-18(17)23(15)2)20(24)21(25)22-14-8-11-16-9-4-3-5-10-16/h3-7,9-10,12-13H,8,11,14H2,1-2H3,(H,22,25). The molecule has 0 spiro atoms. The van der Waals surface area contributed by atoms with Gasteiger partial charge in [0.1, 0.15) is 0 Å². The van der Waals surface area contributed by atoms with Crippen molar-refractivity contribution in [3.63, 3.8) is 0 Å². The van der Waals surface area contributed by atoms with Gasteiger partial charge in [0.25, 0.3) is 11.7 Å². The highest BCUT2D eigenvalue weighted by molar-refractivity contribution is 6.45. The predicted octanol–water partition coefficient (Wildman–Crippen LogP) is 3.42. The quantitative estimate of drug-likeness (QED) is 0.427. The third-order valence-electron chi connectivity index (χ3n) is 4.60. The molecule has 3 rings (SSSR count). The van der Waals surface area contributed by atoms with Gasteiger partial charge in [0.05, 0.1) is 5.56 Å². The molecule has 0 saturated carbocycles. The van der Waals surface area contributed by atoms with Crippen LogP contribution in [0.15, 0.2) is 54.6 Å². The Labute approximate surface area is 147 Å². The van der Waals surface area contributed by atoms with E-state index in [1.165, 1.54) is 5.56 Å². The summed E-state index contributed by atoms with van der Waals surface area (Å²) in [4.78, 5) is 24.9. The summed E-state index contributed by atoms with van der Waals surface area (Å²) in [6.07, 6.45) is 1.68. The van der Waals surface area contributed by atoms with Crippen molar-refractivity contribution in [1.29, 1.82) is 0 Å². The molecule has 128 valence electrons. The van der Waals surface area contributed by atoms with Crippen LogP contribution in [0.3, 0.4) is 0 Å². The molecule has 2 aromatic carbocycles. The molecule has 0 aliphatic rings. The van der Waals surface area contributed by atoms with Gasteiger partial charge in [-0.25, -0.2) is 0 Å². The summed E-state index contributed by atoms with van der Waals surface area (Å²) in [5, 5.41) is 3.58. The SMILES string of the molecule is Cc1c(C(=O)C(=O)NCCCc2ccccc2)c2ccccc2n1C. The van der Waals surface area contributed by atoms with Gasteiger partial charge in [0.15, 0.2) is 0 Å². The van der Waals surface area contributed by atoms with E-state index in [0.717, 1.165) is 29.4 Å². The van der Waals surface area contributed by atoms with Crippen LogP contribution in [0.5, 0.6) is 0 Å². The van der Waals surface area contributed by atoms with Gasteiger partial charge in [-0.05, 0) is 31.4 Å². The number of nitrogens with zero attached hydrogens (tertiary/aromatic N) is 1. The van der Waals surface area contributed by atoms with Gasteiger partial charge in [-0.15, -0.1) is 0 Å². The molecule has 1 aromatic heterocycles. The second-order valence-corrected chi connectivity index (χ2v) is 6.21. The normalized spacial score (nSPS) is 10.8. The monoisotopic (exact) mass is 334 g/mol. The number of carbonyl (C=O) groups is 2. The summed E-state index contributed by atoms with van der Waals surface area (Å²) < 4.78 is 1.95. The number of benzene rings is 2. The topological polar surface area (TPSA) is 51.1 Å². The number of amides is 1. The Kier molecular flexibility index (Phi) is 4.98. The lowest BCUT2D eigenvalue weighted by molar-refractivity contribution is -0.117. The molecular formula is C21H22N2O2. The fourth-order valence-electron chi connectivity index (χ4n) is 3.14. The fraction of sp³-hybridized carbons (Fsp3) is 0.238. The highest BCUT2D eigenvalue weighted by Gasteiger charge is 2.23. The zero-order chi connectivity index (χ0) is 17.8. The number of ketones is 1. The average molecular weight is 334 g/mol. The van der Waals surface area contributed by atoms with E-state index < -0.39 is 11.7 Å². The van der Waals surface area contributed by atoms with Crippen molar-refractivity contribution in [2.45, 2.75) is 19.8 Å². The lowest BCUT2D eigenvalue weighted by Gasteiger charge is -2.05. The van der Waals surface area contributed by atoms with Crippen LogP contribution < -0.4 is 5.32 Å². The number of para-hydroxylation sites is 1. The van der Waals surface area contributed by atoms with E-state index in [0.29, 0.717) is 12.1 Å². The molecule has 0 aliphatic heterocycles. The molecule has 3 aromatic rings. The van der Waals surface area contributed by atoms with E-state index in [-0.39, 0.29) is 0 Å². The van der Waals surface area contributed by atoms with Gasteiger partial charge < -0.3 is 9.88 Å². The van der Waals surface area contributed by atoms with Gasteiger partial charge >= 0.3 is 0 Å². The number of aromatic nitrogens is 1. The number of carbonyl (C=O) groups excluding carboxylic acids is 2. The maximum absolute atomic E-state index is 12.6. The van der Waals surface area contributed by atoms with E-state index in [1.54, 1.807) is 0 Å².